The van der Waals surface area contributed by atoms with Crippen molar-refractivity contribution < 1.29 is 0 Å². The normalized spacial score (nSPS) is 20.5. The molecule has 21 heavy (non-hydrogen) atoms. The van der Waals surface area contributed by atoms with Crippen molar-refractivity contribution in [2.75, 3.05) is 0 Å². The van der Waals surface area contributed by atoms with Gasteiger partial charge >= 0.3 is 0 Å². The van der Waals surface area contributed by atoms with Gasteiger partial charge in [0.15, 0.2) is 0 Å². The number of halogens is 1. The largest absolute Gasteiger partial charge is 0.310 e. The highest BCUT2D eigenvalue weighted by molar-refractivity contribution is 6.31. The van der Waals surface area contributed by atoms with E-state index in [1.165, 1.54) is 35.2 Å². The summed E-state index contributed by atoms with van der Waals surface area (Å²) >= 11 is 6.35. The Kier molecular flexibility index (Phi) is 3.44. The molecule has 0 amide bonds. The molecule has 1 aromatic heterocycles. The van der Waals surface area contributed by atoms with Gasteiger partial charge in [-0.05, 0) is 54.5 Å². The van der Waals surface area contributed by atoms with Crippen molar-refractivity contribution >= 4 is 11.6 Å². The number of hydrogen-bond donors (Lipinski definition) is 1. The van der Waals surface area contributed by atoms with E-state index >= 15 is 0 Å². The maximum Gasteiger partial charge on any atom is 0.0510 e. The minimum absolute atomic E-state index is 0.429. The third-order valence-corrected chi connectivity index (χ3v) is 4.96. The Bertz CT molecular complexity index is 664. The molecule has 1 saturated carbocycles. The fraction of sp³-hybridized carbons (Fsp3) is 0.389. The molecule has 2 aromatic rings. The zero-order chi connectivity index (χ0) is 14.2. The van der Waals surface area contributed by atoms with E-state index in [0.717, 1.165) is 24.4 Å². The van der Waals surface area contributed by atoms with Crippen molar-refractivity contribution in [1.29, 1.82) is 0 Å². The molecule has 0 bridgehead atoms. The van der Waals surface area contributed by atoms with Gasteiger partial charge in [0.1, 0.15) is 0 Å². The smallest absolute Gasteiger partial charge is 0.0510 e. The topological polar surface area (TPSA) is 24.9 Å². The number of aryl methyl sites for hydroxylation is 1. The van der Waals surface area contributed by atoms with Gasteiger partial charge in [-0.25, -0.2) is 0 Å². The fourth-order valence-electron chi connectivity index (χ4n) is 3.23. The SMILES string of the molecule is Clc1ccc(C2CCc3cccnc32)cc1CNC1CC1. The molecule has 3 heteroatoms. The lowest BCUT2D eigenvalue weighted by molar-refractivity contribution is 0.685. The van der Waals surface area contributed by atoms with Crippen molar-refractivity contribution in [3.63, 3.8) is 0 Å². The zero-order valence-electron chi connectivity index (χ0n) is 12.0. The van der Waals surface area contributed by atoms with Crippen molar-refractivity contribution in [3.8, 4) is 0 Å². The molecular weight excluding hydrogens is 280 g/mol. The van der Waals surface area contributed by atoms with E-state index in [0.29, 0.717) is 12.0 Å². The van der Waals surface area contributed by atoms with Crippen LogP contribution < -0.4 is 5.32 Å². The summed E-state index contributed by atoms with van der Waals surface area (Å²) in [4.78, 5) is 4.60. The Morgan fingerprint density at radius 1 is 1.19 bits per heavy atom. The maximum atomic E-state index is 6.35. The van der Waals surface area contributed by atoms with Crippen LogP contribution >= 0.6 is 11.6 Å². The van der Waals surface area contributed by atoms with Crippen molar-refractivity contribution in [2.24, 2.45) is 0 Å². The number of nitrogens with one attached hydrogen (secondary N) is 1. The molecule has 4 rings (SSSR count). The summed E-state index contributed by atoms with van der Waals surface area (Å²) in [6.07, 6.45) is 6.80. The Morgan fingerprint density at radius 3 is 2.95 bits per heavy atom. The molecule has 0 aliphatic heterocycles. The van der Waals surface area contributed by atoms with Crippen LogP contribution in [0.1, 0.15) is 47.6 Å². The molecule has 108 valence electrons. The molecule has 1 atom stereocenters. The summed E-state index contributed by atoms with van der Waals surface area (Å²) in [5, 5.41) is 4.42. The van der Waals surface area contributed by atoms with Crippen LogP contribution in [-0.2, 0) is 13.0 Å². The molecule has 0 spiro atoms. The molecule has 0 saturated heterocycles. The number of pyridine rings is 1. The van der Waals surface area contributed by atoms with E-state index in [1.54, 1.807) is 0 Å². The average Bonchev–Trinajstić information content (AvgIpc) is 3.24. The van der Waals surface area contributed by atoms with E-state index in [-0.39, 0.29) is 0 Å². The van der Waals surface area contributed by atoms with Crippen molar-refractivity contribution in [1.82, 2.24) is 10.3 Å². The van der Waals surface area contributed by atoms with Gasteiger partial charge in [0.05, 0.1) is 5.69 Å². The average molecular weight is 299 g/mol. The van der Waals surface area contributed by atoms with Crippen molar-refractivity contribution in [3.05, 3.63) is 63.9 Å². The van der Waals surface area contributed by atoms with Gasteiger partial charge in [-0.2, -0.15) is 0 Å². The predicted octanol–water partition coefficient (Wildman–Crippen LogP) is 4.07. The fourth-order valence-corrected chi connectivity index (χ4v) is 3.41. The molecule has 1 unspecified atom stereocenters. The van der Waals surface area contributed by atoms with Crippen LogP contribution in [-0.4, -0.2) is 11.0 Å². The summed E-state index contributed by atoms with van der Waals surface area (Å²) in [5.41, 5.74) is 5.21. The number of fused-ring (bicyclic) bond motifs is 1. The lowest BCUT2D eigenvalue weighted by atomic mass is 9.95. The first-order valence-electron chi connectivity index (χ1n) is 7.77. The maximum absolute atomic E-state index is 6.35. The molecule has 2 aliphatic carbocycles. The highest BCUT2D eigenvalue weighted by atomic mass is 35.5. The number of hydrogen-bond acceptors (Lipinski definition) is 2. The second-order valence-electron chi connectivity index (χ2n) is 6.15. The molecule has 1 heterocycles. The van der Waals surface area contributed by atoms with Crippen LogP contribution in [0.4, 0.5) is 0 Å². The van der Waals surface area contributed by atoms with Gasteiger partial charge in [-0.1, -0.05) is 29.8 Å². The quantitative estimate of drug-likeness (QED) is 0.920. The Balaban J connectivity index is 1.61. The summed E-state index contributed by atoms with van der Waals surface area (Å²) in [6.45, 7) is 0.874. The zero-order valence-corrected chi connectivity index (χ0v) is 12.7. The van der Waals surface area contributed by atoms with Crippen LogP contribution in [0.15, 0.2) is 36.5 Å². The van der Waals surface area contributed by atoms with E-state index in [9.17, 15) is 0 Å². The summed E-state index contributed by atoms with van der Waals surface area (Å²) in [6, 6.07) is 11.4. The van der Waals surface area contributed by atoms with E-state index in [2.05, 4.69) is 28.5 Å². The standard InChI is InChI=1S/C18H19ClN2/c19-17-8-4-13(10-14(17)11-21-15-5-6-15)16-7-3-12-2-1-9-20-18(12)16/h1-2,4,8-10,15-16,21H,3,5-7,11H2. The van der Waals surface area contributed by atoms with E-state index in [1.807, 2.05) is 18.3 Å². The second-order valence-corrected chi connectivity index (χ2v) is 6.55. The number of benzene rings is 1. The molecule has 2 nitrogen and oxygen atoms in total. The van der Waals surface area contributed by atoms with Gasteiger partial charge in [0, 0.05) is 29.7 Å². The second kappa shape index (κ2) is 5.43. The van der Waals surface area contributed by atoms with E-state index in [4.69, 9.17) is 11.6 Å². The lowest BCUT2D eigenvalue weighted by Gasteiger charge is -2.14. The molecule has 1 aromatic carbocycles. The van der Waals surface area contributed by atoms with Gasteiger partial charge in [0.25, 0.3) is 0 Å². The third kappa shape index (κ3) is 2.70. The monoisotopic (exact) mass is 298 g/mol. The Hall–Kier alpha value is -1.38. The molecule has 1 fully saturated rings. The highest BCUT2D eigenvalue weighted by Crippen LogP contribution is 2.37. The van der Waals surface area contributed by atoms with Gasteiger partial charge < -0.3 is 5.32 Å². The summed E-state index contributed by atoms with van der Waals surface area (Å²) in [7, 11) is 0. The predicted molar refractivity (Wildman–Crippen MR) is 85.7 cm³/mol. The number of aromatic nitrogens is 1. The summed E-state index contributed by atoms with van der Waals surface area (Å²) < 4.78 is 0. The molecule has 2 aliphatic rings. The van der Waals surface area contributed by atoms with Gasteiger partial charge in [-0.15, -0.1) is 0 Å². The van der Waals surface area contributed by atoms with Crippen LogP contribution in [0, 0.1) is 0 Å². The Labute approximate surface area is 130 Å². The molecule has 0 radical (unpaired) electrons. The number of rotatable bonds is 4. The lowest BCUT2D eigenvalue weighted by Crippen LogP contribution is -2.15. The summed E-state index contributed by atoms with van der Waals surface area (Å²) in [5.74, 6) is 0.429. The van der Waals surface area contributed by atoms with Gasteiger partial charge in [0.2, 0.25) is 0 Å². The Morgan fingerprint density at radius 2 is 2.10 bits per heavy atom. The molecule has 1 N–H and O–H groups in total. The first-order chi connectivity index (χ1) is 10.3. The molecular formula is C18H19ClN2. The first kappa shape index (κ1) is 13.3. The van der Waals surface area contributed by atoms with Crippen LogP contribution in [0.5, 0.6) is 0 Å². The number of nitrogens with zero attached hydrogens (tertiary/aromatic N) is 1. The van der Waals surface area contributed by atoms with Crippen LogP contribution in [0.2, 0.25) is 5.02 Å². The highest BCUT2D eigenvalue weighted by Gasteiger charge is 2.26. The van der Waals surface area contributed by atoms with Crippen LogP contribution in [0.25, 0.3) is 0 Å². The first-order valence-corrected chi connectivity index (χ1v) is 8.14. The minimum atomic E-state index is 0.429. The van der Waals surface area contributed by atoms with E-state index < -0.39 is 0 Å². The van der Waals surface area contributed by atoms with Crippen molar-refractivity contribution in [2.45, 2.75) is 44.2 Å². The van der Waals surface area contributed by atoms with Crippen LogP contribution in [0.3, 0.4) is 0 Å². The van der Waals surface area contributed by atoms with Gasteiger partial charge in [-0.3, -0.25) is 4.98 Å². The minimum Gasteiger partial charge on any atom is -0.310 e. The third-order valence-electron chi connectivity index (χ3n) is 4.59.